The molecule has 0 spiro atoms. The van der Waals surface area contributed by atoms with Crippen LogP contribution in [0.2, 0.25) is 0 Å². The van der Waals surface area contributed by atoms with Crippen molar-refractivity contribution in [2.45, 2.75) is 20.3 Å². The fourth-order valence-corrected chi connectivity index (χ4v) is 3.61. The number of amides is 1. The number of rotatable bonds is 4. The minimum absolute atomic E-state index is 0.144. The Bertz CT molecular complexity index is 839. The molecule has 1 N–H and O–H groups in total. The van der Waals surface area contributed by atoms with Gasteiger partial charge in [0, 0.05) is 15.8 Å². The summed E-state index contributed by atoms with van der Waals surface area (Å²) in [4.78, 5) is 21.8. The molecule has 0 atom stereocenters. The van der Waals surface area contributed by atoms with E-state index in [2.05, 4.69) is 15.3 Å². The van der Waals surface area contributed by atoms with Crippen molar-refractivity contribution in [1.29, 1.82) is 0 Å². The predicted molar refractivity (Wildman–Crippen MR) is 91.4 cm³/mol. The third kappa shape index (κ3) is 3.80. The average molecular weight is 347 g/mol. The van der Waals surface area contributed by atoms with Gasteiger partial charge in [-0.3, -0.25) is 4.79 Å². The number of hydrogen-bond donors (Lipinski definition) is 1. The number of halogens is 1. The number of aromatic nitrogens is 2. The predicted octanol–water partition coefficient (Wildman–Crippen LogP) is 4.20. The minimum Gasteiger partial charge on any atom is -0.302 e. The van der Waals surface area contributed by atoms with E-state index in [1.807, 2.05) is 19.2 Å². The number of carbonyl (C=O) groups is 1. The van der Waals surface area contributed by atoms with Crippen LogP contribution in [0.1, 0.15) is 15.6 Å². The first-order valence-corrected chi connectivity index (χ1v) is 8.65. The quantitative estimate of drug-likeness (QED) is 0.769. The Hall–Kier alpha value is -2.12. The molecule has 0 unspecified atom stereocenters. The van der Waals surface area contributed by atoms with Crippen LogP contribution in [-0.2, 0) is 11.2 Å². The molecule has 3 rings (SSSR count). The summed E-state index contributed by atoms with van der Waals surface area (Å²) in [6, 6.07) is 6.16. The van der Waals surface area contributed by atoms with Crippen molar-refractivity contribution in [2.24, 2.45) is 0 Å². The van der Waals surface area contributed by atoms with E-state index in [9.17, 15) is 9.18 Å². The number of nitrogens with one attached hydrogen (secondary N) is 1. The largest absolute Gasteiger partial charge is 0.302 e. The number of thiazole rings is 2. The Labute approximate surface area is 141 Å². The van der Waals surface area contributed by atoms with Crippen LogP contribution in [0.25, 0.3) is 11.3 Å². The summed E-state index contributed by atoms with van der Waals surface area (Å²) in [7, 11) is 0. The summed E-state index contributed by atoms with van der Waals surface area (Å²) in [6.45, 7) is 3.83. The number of carbonyl (C=O) groups excluding carboxylic acids is 1. The molecule has 23 heavy (non-hydrogen) atoms. The number of aryl methyl sites for hydroxylation is 2. The Morgan fingerprint density at radius 1 is 1.22 bits per heavy atom. The van der Waals surface area contributed by atoms with E-state index in [-0.39, 0.29) is 18.1 Å². The van der Waals surface area contributed by atoms with Crippen LogP contribution >= 0.6 is 22.7 Å². The molecule has 0 saturated heterocycles. The summed E-state index contributed by atoms with van der Waals surface area (Å²) in [5, 5.41) is 6.16. The maximum Gasteiger partial charge on any atom is 0.232 e. The van der Waals surface area contributed by atoms with E-state index < -0.39 is 0 Å². The standard InChI is InChI=1S/C16H14FN3OS2/c1-9-15(11-3-5-12(17)6-4-11)20-16(23-9)19-14(21)7-13-8-22-10(2)18-13/h3-6,8H,7H2,1-2H3,(H,19,20,21). The van der Waals surface area contributed by atoms with Crippen molar-refractivity contribution in [3.8, 4) is 11.3 Å². The first-order valence-electron chi connectivity index (χ1n) is 6.95. The van der Waals surface area contributed by atoms with E-state index >= 15 is 0 Å². The lowest BCUT2D eigenvalue weighted by Crippen LogP contribution is -2.14. The molecule has 0 fully saturated rings. The number of hydrogen-bond acceptors (Lipinski definition) is 5. The molecule has 0 aliphatic heterocycles. The van der Waals surface area contributed by atoms with E-state index in [0.29, 0.717) is 5.13 Å². The lowest BCUT2D eigenvalue weighted by Gasteiger charge is -1.99. The van der Waals surface area contributed by atoms with E-state index in [4.69, 9.17) is 0 Å². The van der Waals surface area contributed by atoms with E-state index in [1.54, 1.807) is 12.1 Å². The minimum atomic E-state index is -0.284. The molecule has 0 radical (unpaired) electrons. The highest BCUT2D eigenvalue weighted by Gasteiger charge is 2.13. The Kier molecular flexibility index (Phi) is 4.49. The highest BCUT2D eigenvalue weighted by atomic mass is 32.1. The van der Waals surface area contributed by atoms with E-state index in [0.717, 1.165) is 26.8 Å². The van der Waals surface area contributed by atoms with Crippen molar-refractivity contribution in [1.82, 2.24) is 9.97 Å². The van der Waals surface area contributed by atoms with Crippen LogP contribution in [0, 0.1) is 19.7 Å². The maximum absolute atomic E-state index is 13.0. The van der Waals surface area contributed by atoms with Gasteiger partial charge in [0.1, 0.15) is 5.82 Å². The summed E-state index contributed by atoms with van der Waals surface area (Å²) in [5.74, 6) is -0.427. The van der Waals surface area contributed by atoms with E-state index in [1.165, 1.54) is 34.8 Å². The zero-order valence-corrected chi connectivity index (χ0v) is 14.2. The molecule has 7 heteroatoms. The van der Waals surface area contributed by atoms with Crippen LogP contribution in [0.3, 0.4) is 0 Å². The monoisotopic (exact) mass is 347 g/mol. The zero-order valence-electron chi connectivity index (χ0n) is 12.6. The smallest absolute Gasteiger partial charge is 0.232 e. The van der Waals surface area contributed by atoms with Crippen LogP contribution in [0.5, 0.6) is 0 Å². The van der Waals surface area contributed by atoms with Crippen LogP contribution < -0.4 is 5.32 Å². The molecule has 2 aromatic heterocycles. The van der Waals surface area contributed by atoms with Crippen molar-refractivity contribution < 1.29 is 9.18 Å². The van der Waals surface area contributed by atoms with Crippen LogP contribution in [0.4, 0.5) is 9.52 Å². The molecule has 4 nitrogen and oxygen atoms in total. The SMILES string of the molecule is Cc1nc(CC(=O)Nc2nc(-c3ccc(F)cc3)c(C)s2)cs1. The van der Waals surface area contributed by atoms with Crippen molar-refractivity contribution in [3.05, 3.63) is 51.0 Å². The lowest BCUT2D eigenvalue weighted by molar-refractivity contribution is -0.115. The van der Waals surface area contributed by atoms with Gasteiger partial charge in [0.05, 0.1) is 22.8 Å². The molecular formula is C16H14FN3OS2. The summed E-state index contributed by atoms with van der Waals surface area (Å²) in [5.41, 5.74) is 2.35. The van der Waals surface area contributed by atoms with Gasteiger partial charge >= 0.3 is 0 Å². The zero-order chi connectivity index (χ0) is 16.4. The van der Waals surface area contributed by atoms with Crippen molar-refractivity contribution >= 4 is 33.7 Å². The third-order valence-corrected chi connectivity index (χ3v) is 4.88. The molecule has 0 aliphatic carbocycles. The molecule has 1 amide bonds. The number of nitrogens with zero attached hydrogens (tertiary/aromatic N) is 2. The van der Waals surface area contributed by atoms with Crippen molar-refractivity contribution in [3.63, 3.8) is 0 Å². The van der Waals surface area contributed by atoms with Gasteiger partial charge in [-0.15, -0.1) is 22.7 Å². The van der Waals surface area contributed by atoms with Crippen LogP contribution in [0.15, 0.2) is 29.6 Å². The third-order valence-electron chi connectivity index (χ3n) is 3.17. The van der Waals surface area contributed by atoms with Gasteiger partial charge in [-0.1, -0.05) is 0 Å². The maximum atomic E-state index is 13.0. The Morgan fingerprint density at radius 2 is 1.96 bits per heavy atom. The fraction of sp³-hybridized carbons (Fsp3) is 0.188. The second kappa shape index (κ2) is 6.55. The molecule has 0 aliphatic rings. The Morgan fingerprint density at radius 3 is 2.61 bits per heavy atom. The normalized spacial score (nSPS) is 10.7. The molecule has 1 aromatic carbocycles. The number of benzene rings is 1. The van der Waals surface area contributed by atoms with Gasteiger partial charge < -0.3 is 5.32 Å². The highest BCUT2D eigenvalue weighted by molar-refractivity contribution is 7.16. The summed E-state index contributed by atoms with van der Waals surface area (Å²) < 4.78 is 13.0. The van der Waals surface area contributed by atoms with Gasteiger partial charge in [-0.05, 0) is 38.1 Å². The Balaban J connectivity index is 1.73. The first kappa shape index (κ1) is 15.8. The molecule has 118 valence electrons. The molecule has 0 bridgehead atoms. The highest BCUT2D eigenvalue weighted by Crippen LogP contribution is 2.30. The van der Waals surface area contributed by atoms with Gasteiger partial charge in [0.25, 0.3) is 0 Å². The lowest BCUT2D eigenvalue weighted by atomic mass is 10.1. The van der Waals surface area contributed by atoms with Gasteiger partial charge in [-0.2, -0.15) is 0 Å². The van der Waals surface area contributed by atoms with Gasteiger partial charge in [0.15, 0.2) is 5.13 Å². The second-order valence-electron chi connectivity index (χ2n) is 5.01. The van der Waals surface area contributed by atoms with Crippen LogP contribution in [-0.4, -0.2) is 15.9 Å². The molecule has 3 aromatic rings. The molecular weight excluding hydrogens is 333 g/mol. The number of anilines is 1. The summed E-state index contributed by atoms with van der Waals surface area (Å²) >= 11 is 2.93. The molecule has 2 heterocycles. The second-order valence-corrected chi connectivity index (χ2v) is 7.28. The molecule has 0 saturated carbocycles. The van der Waals surface area contributed by atoms with Gasteiger partial charge in [0.2, 0.25) is 5.91 Å². The summed E-state index contributed by atoms with van der Waals surface area (Å²) in [6.07, 6.45) is 0.231. The average Bonchev–Trinajstić information content (AvgIpc) is 3.06. The first-order chi connectivity index (χ1) is 11.0. The van der Waals surface area contributed by atoms with Crippen molar-refractivity contribution in [2.75, 3.05) is 5.32 Å². The fourth-order valence-electron chi connectivity index (χ4n) is 2.14. The van der Waals surface area contributed by atoms with Gasteiger partial charge in [-0.25, -0.2) is 14.4 Å². The topological polar surface area (TPSA) is 54.9 Å².